The van der Waals surface area contributed by atoms with Gasteiger partial charge in [0.25, 0.3) is 7.82 Å². The minimum absolute atomic E-state index is 0.00768. The van der Waals surface area contributed by atoms with Gasteiger partial charge in [0.05, 0.1) is 39.9 Å². The number of phosphoric acid groups is 1. The summed E-state index contributed by atoms with van der Waals surface area (Å²) in [6.07, 6.45) is 55.0. The van der Waals surface area contributed by atoms with Crippen LogP contribution in [0.4, 0.5) is 0 Å². The third kappa shape index (κ3) is 46.5. The second kappa shape index (κ2) is 43.9. The van der Waals surface area contributed by atoms with Gasteiger partial charge in [-0.25, -0.2) is 0 Å². The maximum atomic E-state index is 12.9. The number of aliphatic hydroxyl groups is 1. The first kappa shape index (κ1) is 59.7. The largest absolute Gasteiger partial charge is 0.756 e. The standard InChI is InChI=1S/C52H101N2O6P/c1-6-8-10-12-14-16-18-20-22-23-24-25-26-27-28-29-30-32-34-36-38-40-42-44-46-52(56)53-50(49-60-61(57,58)59-48-47-54(3,4)5)51(55)45-43-41-39-37-35-33-31-21-19-17-15-13-11-9-7-2/h19,21,35,37,43,45,50-51,55H,6-18,20,22-34,36,38-42,44,46-49H2,1-5H3,(H-,53,56,57,58)/b21-19+,37-35+,45-43+. The lowest BCUT2D eigenvalue weighted by Crippen LogP contribution is -2.45. The molecule has 0 aromatic carbocycles. The predicted octanol–water partition coefficient (Wildman–Crippen LogP) is 14.4. The number of aliphatic hydroxyl groups excluding tert-OH is 1. The summed E-state index contributed by atoms with van der Waals surface area (Å²) in [6.45, 7) is 4.62. The van der Waals surface area contributed by atoms with E-state index in [0.717, 1.165) is 44.9 Å². The topological polar surface area (TPSA) is 108 Å². The number of hydrogen-bond acceptors (Lipinski definition) is 6. The van der Waals surface area contributed by atoms with E-state index in [-0.39, 0.29) is 12.5 Å². The summed E-state index contributed by atoms with van der Waals surface area (Å²) in [7, 11) is 1.24. The number of unbranched alkanes of at least 4 members (excludes halogenated alkanes) is 30. The van der Waals surface area contributed by atoms with Crippen LogP contribution in [-0.4, -0.2) is 68.5 Å². The molecule has 8 nitrogen and oxygen atoms in total. The van der Waals surface area contributed by atoms with E-state index in [1.807, 2.05) is 27.2 Å². The zero-order valence-electron chi connectivity index (χ0n) is 40.9. The van der Waals surface area contributed by atoms with Gasteiger partial charge in [0.1, 0.15) is 13.2 Å². The molecule has 0 bridgehead atoms. The lowest BCUT2D eigenvalue weighted by atomic mass is 10.0. The van der Waals surface area contributed by atoms with E-state index in [9.17, 15) is 19.4 Å². The molecule has 3 atom stereocenters. The van der Waals surface area contributed by atoms with Gasteiger partial charge in [-0.3, -0.25) is 9.36 Å². The van der Waals surface area contributed by atoms with E-state index < -0.39 is 26.6 Å². The molecule has 61 heavy (non-hydrogen) atoms. The average Bonchev–Trinajstić information content (AvgIpc) is 3.21. The number of carbonyl (C=O) groups is 1. The van der Waals surface area contributed by atoms with Gasteiger partial charge in [0.2, 0.25) is 5.91 Å². The maximum absolute atomic E-state index is 12.9. The first-order valence-corrected chi connectivity index (χ1v) is 27.3. The molecule has 0 aliphatic carbocycles. The van der Waals surface area contributed by atoms with Crippen molar-refractivity contribution in [2.75, 3.05) is 40.9 Å². The van der Waals surface area contributed by atoms with Crippen LogP contribution in [0.25, 0.3) is 0 Å². The van der Waals surface area contributed by atoms with E-state index in [0.29, 0.717) is 17.4 Å². The van der Waals surface area contributed by atoms with E-state index in [4.69, 9.17) is 9.05 Å². The summed E-state index contributed by atoms with van der Waals surface area (Å²) in [6, 6.07) is -0.906. The number of rotatable bonds is 47. The molecule has 0 fully saturated rings. The number of nitrogens with one attached hydrogen (secondary N) is 1. The molecular weight excluding hydrogens is 780 g/mol. The number of nitrogens with zero attached hydrogens (tertiary/aromatic N) is 1. The van der Waals surface area contributed by atoms with E-state index in [2.05, 4.69) is 43.5 Å². The van der Waals surface area contributed by atoms with E-state index >= 15 is 0 Å². The van der Waals surface area contributed by atoms with Crippen LogP contribution < -0.4 is 10.2 Å². The molecule has 0 aliphatic rings. The van der Waals surface area contributed by atoms with E-state index in [1.165, 1.54) is 173 Å². The summed E-state index contributed by atoms with van der Waals surface area (Å²) in [4.78, 5) is 25.4. The summed E-state index contributed by atoms with van der Waals surface area (Å²) in [5.41, 5.74) is 0. The number of amides is 1. The van der Waals surface area contributed by atoms with Crippen LogP contribution in [0.2, 0.25) is 0 Å². The molecule has 9 heteroatoms. The fraction of sp³-hybridized carbons (Fsp3) is 0.865. The smallest absolute Gasteiger partial charge is 0.268 e. The molecule has 0 radical (unpaired) electrons. The molecule has 0 saturated carbocycles. The number of quaternary nitrogens is 1. The van der Waals surface area contributed by atoms with Crippen LogP contribution in [0.3, 0.4) is 0 Å². The van der Waals surface area contributed by atoms with Crippen molar-refractivity contribution < 1.29 is 32.9 Å². The molecule has 0 rings (SSSR count). The van der Waals surface area contributed by atoms with Crippen molar-refractivity contribution in [3.05, 3.63) is 36.5 Å². The van der Waals surface area contributed by atoms with Gasteiger partial charge in [-0.15, -0.1) is 0 Å². The van der Waals surface area contributed by atoms with Crippen molar-refractivity contribution in [3.63, 3.8) is 0 Å². The molecule has 1 amide bonds. The maximum Gasteiger partial charge on any atom is 0.268 e. The van der Waals surface area contributed by atoms with Crippen molar-refractivity contribution in [1.29, 1.82) is 0 Å². The number of hydrogen-bond donors (Lipinski definition) is 2. The van der Waals surface area contributed by atoms with Gasteiger partial charge < -0.3 is 28.8 Å². The molecule has 0 spiro atoms. The van der Waals surface area contributed by atoms with Crippen molar-refractivity contribution >= 4 is 13.7 Å². The lowest BCUT2D eigenvalue weighted by Gasteiger charge is -2.29. The summed E-state index contributed by atoms with van der Waals surface area (Å²) in [5, 5.41) is 13.8. The number of likely N-dealkylation sites (N-methyl/N-ethyl adjacent to an activating group) is 1. The van der Waals surface area contributed by atoms with Crippen LogP contribution in [0.15, 0.2) is 36.5 Å². The minimum atomic E-state index is -4.60. The monoisotopic (exact) mass is 881 g/mol. The van der Waals surface area contributed by atoms with Crippen molar-refractivity contribution in [3.8, 4) is 0 Å². The van der Waals surface area contributed by atoms with Crippen LogP contribution >= 0.6 is 7.82 Å². The fourth-order valence-corrected chi connectivity index (χ4v) is 8.20. The number of allylic oxidation sites excluding steroid dienone is 5. The second-order valence-corrected chi connectivity index (χ2v) is 20.3. The molecule has 0 saturated heterocycles. The molecule has 3 unspecified atom stereocenters. The zero-order valence-corrected chi connectivity index (χ0v) is 41.8. The summed E-state index contributed by atoms with van der Waals surface area (Å²) < 4.78 is 23.2. The number of carbonyl (C=O) groups excluding carboxylic acids is 1. The van der Waals surface area contributed by atoms with Crippen LogP contribution in [-0.2, 0) is 18.4 Å². The van der Waals surface area contributed by atoms with Gasteiger partial charge in [-0.1, -0.05) is 224 Å². The van der Waals surface area contributed by atoms with Crippen LogP contribution in [0, 0.1) is 0 Å². The van der Waals surface area contributed by atoms with Gasteiger partial charge >= 0.3 is 0 Å². The molecular formula is C52H101N2O6P. The molecule has 0 aromatic rings. The normalized spacial score (nSPS) is 14.4. The van der Waals surface area contributed by atoms with Gasteiger partial charge in [0, 0.05) is 6.42 Å². The Bertz CT molecular complexity index is 1090. The Balaban J connectivity index is 4.25. The third-order valence-corrected chi connectivity index (χ3v) is 12.5. The minimum Gasteiger partial charge on any atom is -0.756 e. The van der Waals surface area contributed by atoms with Gasteiger partial charge in [-0.05, 0) is 44.9 Å². The van der Waals surface area contributed by atoms with Gasteiger partial charge in [-0.2, -0.15) is 0 Å². The third-order valence-electron chi connectivity index (χ3n) is 11.6. The number of phosphoric ester groups is 1. The predicted molar refractivity (Wildman–Crippen MR) is 261 cm³/mol. The Kier molecular flexibility index (Phi) is 43.0. The summed E-state index contributed by atoms with van der Waals surface area (Å²) >= 11 is 0. The van der Waals surface area contributed by atoms with Gasteiger partial charge in [0.15, 0.2) is 0 Å². The molecule has 360 valence electrons. The highest BCUT2D eigenvalue weighted by atomic mass is 31.2. The zero-order chi connectivity index (χ0) is 45.0. The van der Waals surface area contributed by atoms with Crippen molar-refractivity contribution in [2.24, 2.45) is 0 Å². The average molecular weight is 881 g/mol. The highest BCUT2D eigenvalue weighted by Crippen LogP contribution is 2.38. The second-order valence-electron chi connectivity index (χ2n) is 18.9. The fourth-order valence-electron chi connectivity index (χ4n) is 7.48. The lowest BCUT2D eigenvalue weighted by molar-refractivity contribution is -0.870. The quantitative estimate of drug-likeness (QED) is 0.0273. The Hall–Kier alpha value is -1.28. The van der Waals surface area contributed by atoms with Crippen molar-refractivity contribution in [1.82, 2.24) is 5.32 Å². The molecule has 0 aliphatic heterocycles. The van der Waals surface area contributed by atoms with Crippen molar-refractivity contribution in [2.45, 2.75) is 251 Å². The Morgan fingerprint density at radius 1 is 0.557 bits per heavy atom. The Labute approximate surface area is 378 Å². The summed E-state index contributed by atoms with van der Waals surface area (Å²) in [5.74, 6) is -0.208. The van der Waals surface area contributed by atoms with Crippen LogP contribution in [0.5, 0.6) is 0 Å². The first-order valence-electron chi connectivity index (χ1n) is 25.9. The molecule has 0 heterocycles. The highest BCUT2D eigenvalue weighted by molar-refractivity contribution is 7.45. The highest BCUT2D eigenvalue weighted by Gasteiger charge is 2.23. The first-order chi connectivity index (χ1) is 29.5. The molecule has 0 aromatic heterocycles. The SMILES string of the molecule is CCCCCCC/C=C/CC/C=C/CC/C=C/C(O)C(COP(=O)([O-])OCC[N+](C)(C)C)NC(=O)CCCCCCCCCCCCCCCCCCCCCCCCCC. The van der Waals surface area contributed by atoms with E-state index in [1.54, 1.807) is 6.08 Å². The van der Waals surface area contributed by atoms with Crippen LogP contribution in [0.1, 0.15) is 239 Å². The Morgan fingerprint density at radius 2 is 0.918 bits per heavy atom. The molecule has 2 N–H and O–H groups in total. The Morgan fingerprint density at radius 3 is 1.33 bits per heavy atom.